The molecule has 0 radical (unpaired) electrons. The minimum Gasteiger partial charge on any atom is -0.305 e. The van der Waals surface area contributed by atoms with E-state index in [0.717, 1.165) is 27.1 Å². The third-order valence-electron chi connectivity index (χ3n) is 8.01. The van der Waals surface area contributed by atoms with Crippen LogP contribution in [0, 0.1) is 0 Å². The van der Waals surface area contributed by atoms with E-state index in [0.29, 0.717) is 28.0 Å². The lowest BCUT2D eigenvalue weighted by Gasteiger charge is -2.51. The van der Waals surface area contributed by atoms with E-state index in [1.54, 1.807) is 29.2 Å². The minimum absolute atomic E-state index is 0.297. The van der Waals surface area contributed by atoms with Gasteiger partial charge in [0.1, 0.15) is 6.54 Å². The van der Waals surface area contributed by atoms with Gasteiger partial charge in [-0.3, -0.25) is 19.3 Å². The Bertz CT molecular complexity index is 1590. The van der Waals surface area contributed by atoms with Gasteiger partial charge in [-0.25, -0.2) is 0 Å². The van der Waals surface area contributed by atoms with Crippen LogP contribution < -0.4 is 4.90 Å². The molecule has 38 heavy (non-hydrogen) atoms. The molecule has 1 unspecified atom stereocenters. The summed E-state index contributed by atoms with van der Waals surface area (Å²) in [6.07, 6.45) is 0.647. The summed E-state index contributed by atoms with van der Waals surface area (Å²) in [4.78, 5) is 43.9. The van der Waals surface area contributed by atoms with Crippen molar-refractivity contribution in [2.24, 2.45) is 0 Å². The summed E-state index contributed by atoms with van der Waals surface area (Å²) in [6.45, 7) is 5.92. The van der Waals surface area contributed by atoms with Crippen LogP contribution in [0.4, 0.5) is 5.69 Å². The highest BCUT2D eigenvalue weighted by Gasteiger charge is 2.48. The van der Waals surface area contributed by atoms with Crippen LogP contribution in [-0.4, -0.2) is 34.7 Å². The zero-order chi connectivity index (χ0) is 26.8. The Morgan fingerprint density at radius 2 is 1.42 bits per heavy atom. The van der Waals surface area contributed by atoms with Crippen molar-refractivity contribution in [3.8, 4) is 0 Å². The fourth-order valence-electron chi connectivity index (χ4n) is 6.48. The summed E-state index contributed by atoms with van der Waals surface area (Å²) >= 11 is 6.18. The lowest BCUT2D eigenvalue weighted by molar-refractivity contribution is -0.120. The summed E-state index contributed by atoms with van der Waals surface area (Å²) in [5.41, 5.74) is 2.83. The maximum absolute atomic E-state index is 14.0. The van der Waals surface area contributed by atoms with E-state index in [1.165, 1.54) is 0 Å². The summed E-state index contributed by atoms with van der Waals surface area (Å²) < 4.78 is 0. The number of carbonyl (C=O) groups is 3. The van der Waals surface area contributed by atoms with Gasteiger partial charge in [0.05, 0.1) is 0 Å². The molecule has 190 valence electrons. The molecule has 3 amide bonds. The predicted molar refractivity (Wildman–Crippen MR) is 150 cm³/mol. The van der Waals surface area contributed by atoms with Crippen LogP contribution in [0.3, 0.4) is 0 Å². The van der Waals surface area contributed by atoms with E-state index in [-0.39, 0.29) is 17.9 Å². The maximum Gasteiger partial charge on any atom is 0.261 e. The van der Waals surface area contributed by atoms with Crippen molar-refractivity contribution in [2.45, 2.75) is 38.1 Å². The molecule has 4 aromatic rings. The first-order chi connectivity index (χ1) is 18.1. The second-order valence-electron chi connectivity index (χ2n) is 11.0. The second-order valence-corrected chi connectivity index (χ2v) is 11.4. The van der Waals surface area contributed by atoms with Gasteiger partial charge in [0, 0.05) is 38.2 Å². The molecule has 2 aliphatic heterocycles. The summed E-state index contributed by atoms with van der Waals surface area (Å²) in [5, 5.41) is 2.15. The molecule has 0 saturated heterocycles. The average molecular weight is 523 g/mol. The summed E-state index contributed by atoms with van der Waals surface area (Å²) in [5.74, 6) is -1.18. The highest BCUT2D eigenvalue weighted by atomic mass is 35.5. The summed E-state index contributed by atoms with van der Waals surface area (Å²) in [7, 11) is 0. The molecular formula is C32H27ClN2O3. The van der Waals surface area contributed by atoms with E-state index in [1.807, 2.05) is 74.5 Å². The van der Waals surface area contributed by atoms with E-state index in [9.17, 15) is 14.4 Å². The van der Waals surface area contributed by atoms with Crippen molar-refractivity contribution in [1.82, 2.24) is 4.90 Å². The Morgan fingerprint density at radius 1 is 0.816 bits per heavy atom. The fourth-order valence-corrected chi connectivity index (χ4v) is 6.60. The normalized spacial score (nSPS) is 20.0. The molecule has 0 fully saturated rings. The molecule has 2 heterocycles. The van der Waals surface area contributed by atoms with Crippen molar-refractivity contribution in [2.75, 3.05) is 11.4 Å². The maximum atomic E-state index is 14.0. The molecule has 4 aromatic carbocycles. The smallest absolute Gasteiger partial charge is 0.261 e. The zero-order valence-electron chi connectivity index (χ0n) is 21.5. The van der Waals surface area contributed by atoms with Crippen molar-refractivity contribution in [3.05, 3.63) is 112 Å². The Labute approximate surface area is 226 Å². The number of para-hydroxylation sites is 1. The number of carbonyl (C=O) groups excluding carboxylic acids is 3. The first-order valence-electron chi connectivity index (χ1n) is 12.7. The van der Waals surface area contributed by atoms with Gasteiger partial charge >= 0.3 is 0 Å². The monoisotopic (exact) mass is 522 g/mol. The Balaban J connectivity index is 1.39. The third kappa shape index (κ3) is 3.57. The van der Waals surface area contributed by atoms with E-state index in [4.69, 9.17) is 11.6 Å². The van der Waals surface area contributed by atoms with Crippen molar-refractivity contribution in [3.63, 3.8) is 0 Å². The Morgan fingerprint density at radius 3 is 2.05 bits per heavy atom. The highest BCUT2D eigenvalue weighted by Crippen LogP contribution is 2.50. The molecule has 6 heteroatoms. The van der Waals surface area contributed by atoms with Gasteiger partial charge in [0.2, 0.25) is 5.91 Å². The van der Waals surface area contributed by atoms with Crippen LogP contribution in [0.15, 0.2) is 84.9 Å². The largest absolute Gasteiger partial charge is 0.305 e. The molecule has 2 aliphatic rings. The number of halogens is 1. The van der Waals surface area contributed by atoms with Crippen LogP contribution in [0.5, 0.6) is 0 Å². The molecule has 0 bridgehead atoms. The summed E-state index contributed by atoms with van der Waals surface area (Å²) in [6, 6.07) is 26.5. The van der Waals surface area contributed by atoms with Crippen LogP contribution in [0.1, 0.15) is 59.0 Å². The number of fused-ring (bicyclic) bond motifs is 1. The molecule has 1 atom stereocenters. The molecule has 0 spiro atoms. The molecule has 6 rings (SSSR count). The number of benzene rings is 4. The minimum atomic E-state index is -0.598. The van der Waals surface area contributed by atoms with E-state index < -0.39 is 17.4 Å². The number of imide groups is 1. The number of hydrogen-bond acceptors (Lipinski definition) is 3. The molecule has 0 aliphatic carbocycles. The van der Waals surface area contributed by atoms with Gasteiger partial charge in [-0.1, -0.05) is 73.1 Å². The van der Waals surface area contributed by atoms with Crippen molar-refractivity contribution < 1.29 is 14.4 Å². The highest BCUT2D eigenvalue weighted by molar-refractivity contribution is 6.30. The third-order valence-corrected chi connectivity index (χ3v) is 8.26. The van der Waals surface area contributed by atoms with Gasteiger partial charge in [0.25, 0.3) is 11.8 Å². The van der Waals surface area contributed by atoms with E-state index in [2.05, 4.69) is 6.92 Å². The lowest BCUT2D eigenvalue weighted by atomic mass is 9.65. The van der Waals surface area contributed by atoms with Gasteiger partial charge in [0.15, 0.2) is 0 Å². The van der Waals surface area contributed by atoms with Gasteiger partial charge in [-0.05, 0) is 67.1 Å². The van der Waals surface area contributed by atoms with Crippen molar-refractivity contribution in [1.29, 1.82) is 0 Å². The number of anilines is 1. The molecular weight excluding hydrogens is 496 g/mol. The average Bonchev–Trinajstić information content (AvgIpc) is 2.89. The Kier molecular flexibility index (Phi) is 5.48. The quantitative estimate of drug-likeness (QED) is 0.284. The van der Waals surface area contributed by atoms with Gasteiger partial charge in [-0.15, -0.1) is 0 Å². The topological polar surface area (TPSA) is 57.7 Å². The van der Waals surface area contributed by atoms with E-state index >= 15 is 0 Å². The Hall–Kier alpha value is -3.96. The lowest BCUT2D eigenvalue weighted by Crippen LogP contribution is -2.58. The fraction of sp³-hybridized carbons (Fsp3) is 0.219. The number of nitrogens with zero attached hydrogens (tertiary/aromatic N) is 2. The van der Waals surface area contributed by atoms with Crippen LogP contribution in [0.2, 0.25) is 5.02 Å². The van der Waals surface area contributed by atoms with Crippen LogP contribution >= 0.6 is 11.6 Å². The van der Waals surface area contributed by atoms with Crippen molar-refractivity contribution >= 4 is 45.8 Å². The molecule has 5 nitrogen and oxygen atoms in total. The standard InChI is InChI=1S/C32H27ClN2O3/c1-31(2)19-32(3,21-14-16-22(33)17-15-21)25-12-4-5-13-26(25)35(31)27(36)18-34-29(37)23-10-6-8-20-9-7-11-24(28(20)23)30(34)38/h4-17H,18-19H2,1-3H3. The number of amides is 3. The molecule has 0 aromatic heterocycles. The van der Waals surface area contributed by atoms with Gasteiger partial charge < -0.3 is 4.90 Å². The number of hydrogen-bond donors (Lipinski definition) is 0. The second kappa shape index (κ2) is 8.53. The van der Waals surface area contributed by atoms with Crippen LogP contribution in [-0.2, 0) is 10.2 Å². The molecule has 0 N–H and O–H groups in total. The predicted octanol–water partition coefficient (Wildman–Crippen LogP) is 6.61. The molecule has 0 saturated carbocycles. The SMILES string of the molecule is CC1(c2ccc(Cl)cc2)CC(C)(C)N(C(=O)CN2C(=O)c3cccc4cccc(c34)C2=O)c2ccccc21. The number of rotatable bonds is 3. The van der Waals surface area contributed by atoms with Gasteiger partial charge in [-0.2, -0.15) is 0 Å². The zero-order valence-corrected chi connectivity index (χ0v) is 22.3. The first-order valence-corrected chi connectivity index (χ1v) is 13.1. The first kappa shape index (κ1) is 24.4. The van der Waals surface area contributed by atoms with Crippen LogP contribution in [0.25, 0.3) is 10.8 Å².